The maximum atomic E-state index is 11.2. The highest BCUT2D eigenvalue weighted by molar-refractivity contribution is 7.14. The number of nitrogens with one attached hydrogen (secondary N) is 2. The van der Waals surface area contributed by atoms with Crippen molar-refractivity contribution in [1.82, 2.24) is 4.98 Å². The highest BCUT2D eigenvalue weighted by Gasteiger charge is 2.15. The first kappa shape index (κ1) is 18.7. The highest BCUT2D eigenvalue weighted by atomic mass is 32.1. The normalized spacial score (nSPS) is 14.6. The smallest absolute Gasteiger partial charge is 0.221 e. The fourth-order valence-electron chi connectivity index (χ4n) is 3.83. The summed E-state index contributed by atoms with van der Waals surface area (Å²) in [5.74, 6) is 0.650. The van der Waals surface area contributed by atoms with Gasteiger partial charge in [-0.1, -0.05) is 49.6 Å². The second-order valence-electron chi connectivity index (χ2n) is 7.38. The van der Waals surface area contributed by atoms with Crippen LogP contribution in [0.4, 0.5) is 16.5 Å². The molecule has 2 aromatic carbocycles. The van der Waals surface area contributed by atoms with Crippen LogP contribution in [0.3, 0.4) is 0 Å². The Labute approximate surface area is 170 Å². The summed E-state index contributed by atoms with van der Waals surface area (Å²) in [6.45, 7) is 1.51. The molecule has 0 aliphatic heterocycles. The molecule has 1 heterocycles. The van der Waals surface area contributed by atoms with Crippen molar-refractivity contribution < 1.29 is 4.79 Å². The maximum absolute atomic E-state index is 11.2. The van der Waals surface area contributed by atoms with Gasteiger partial charge in [0.1, 0.15) is 0 Å². The standard InChI is InChI=1S/C23H25N3OS/c1-16(27)24-20-8-5-9-21(14-20)25-23-26-22(15-28-23)19-12-10-18(11-13-19)17-6-3-2-4-7-17/h5,8-15,17H,2-4,6-7H2,1H3,(H,24,27)(H,25,26). The molecule has 1 saturated carbocycles. The summed E-state index contributed by atoms with van der Waals surface area (Å²) in [6, 6.07) is 16.6. The van der Waals surface area contributed by atoms with Crippen LogP contribution in [0.15, 0.2) is 53.9 Å². The maximum Gasteiger partial charge on any atom is 0.221 e. The molecule has 0 atom stereocenters. The summed E-state index contributed by atoms with van der Waals surface area (Å²) >= 11 is 1.58. The third-order valence-corrected chi connectivity index (χ3v) is 5.98. The van der Waals surface area contributed by atoms with Gasteiger partial charge in [0.2, 0.25) is 5.91 Å². The molecule has 1 amide bonds. The van der Waals surface area contributed by atoms with E-state index < -0.39 is 0 Å². The van der Waals surface area contributed by atoms with Crippen LogP contribution in [0.25, 0.3) is 11.3 Å². The number of thiazole rings is 1. The topological polar surface area (TPSA) is 54.0 Å². The molecular formula is C23H25N3OS. The lowest BCUT2D eigenvalue weighted by molar-refractivity contribution is -0.114. The first-order valence-corrected chi connectivity index (χ1v) is 10.8. The number of aromatic nitrogens is 1. The second kappa shape index (κ2) is 8.57. The summed E-state index contributed by atoms with van der Waals surface area (Å²) in [7, 11) is 0. The predicted molar refractivity (Wildman–Crippen MR) is 117 cm³/mol. The lowest BCUT2D eigenvalue weighted by Gasteiger charge is -2.22. The van der Waals surface area contributed by atoms with Gasteiger partial charge >= 0.3 is 0 Å². The lowest BCUT2D eigenvalue weighted by atomic mass is 9.84. The van der Waals surface area contributed by atoms with Gasteiger partial charge in [0.25, 0.3) is 0 Å². The van der Waals surface area contributed by atoms with Crippen molar-refractivity contribution in [2.45, 2.75) is 44.9 Å². The Hall–Kier alpha value is -2.66. The van der Waals surface area contributed by atoms with Crippen molar-refractivity contribution >= 4 is 33.8 Å². The molecule has 5 heteroatoms. The molecule has 1 aliphatic rings. The third kappa shape index (κ3) is 4.60. The van der Waals surface area contributed by atoms with E-state index in [9.17, 15) is 4.79 Å². The second-order valence-corrected chi connectivity index (χ2v) is 8.24. The van der Waals surface area contributed by atoms with Gasteiger partial charge in [-0.15, -0.1) is 11.3 Å². The van der Waals surface area contributed by atoms with Crippen molar-refractivity contribution in [3.8, 4) is 11.3 Å². The van der Waals surface area contributed by atoms with Crippen LogP contribution in [-0.4, -0.2) is 10.9 Å². The fraction of sp³-hybridized carbons (Fsp3) is 0.304. The van der Waals surface area contributed by atoms with Gasteiger partial charge in [0.15, 0.2) is 5.13 Å². The fourth-order valence-corrected chi connectivity index (χ4v) is 4.57. The van der Waals surface area contributed by atoms with Crippen molar-refractivity contribution in [2.24, 2.45) is 0 Å². The van der Waals surface area contributed by atoms with E-state index in [1.807, 2.05) is 24.3 Å². The SMILES string of the molecule is CC(=O)Nc1cccc(Nc2nc(-c3ccc(C4CCCCC4)cc3)cs2)c1. The molecule has 0 saturated heterocycles. The summed E-state index contributed by atoms with van der Waals surface area (Å²) < 4.78 is 0. The summed E-state index contributed by atoms with van der Waals surface area (Å²) in [5, 5.41) is 9.04. The van der Waals surface area contributed by atoms with Gasteiger partial charge in [-0.05, 0) is 42.5 Å². The summed E-state index contributed by atoms with van der Waals surface area (Å²) in [5.41, 5.74) is 5.27. The minimum Gasteiger partial charge on any atom is -0.331 e. The molecule has 0 bridgehead atoms. The Balaban J connectivity index is 1.45. The predicted octanol–water partition coefficient (Wildman–Crippen LogP) is 6.56. The molecule has 2 N–H and O–H groups in total. The Kier molecular flexibility index (Phi) is 5.72. The highest BCUT2D eigenvalue weighted by Crippen LogP contribution is 2.34. The molecule has 4 nitrogen and oxygen atoms in total. The van der Waals surface area contributed by atoms with Crippen molar-refractivity contribution in [3.05, 3.63) is 59.5 Å². The number of nitrogens with zero attached hydrogens (tertiary/aromatic N) is 1. The molecular weight excluding hydrogens is 366 g/mol. The number of rotatable bonds is 5. The average molecular weight is 392 g/mol. The molecule has 1 aromatic heterocycles. The van der Waals surface area contributed by atoms with Gasteiger partial charge in [0.05, 0.1) is 5.69 Å². The molecule has 1 fully saturated rings. The molecule has 3 aromatic rings. The number of carbonyl (C=O) groups excluding carboxylic acids is 1. The number of amides is 1. The van der Waals surface area contributed by atoms with E-state index in [0.29, 0.717) is 0 Å². The molecule has 28 heavy (non-hydrogen) atoms. The monoisotopic (exact) mass is 391 g/mol. The van der Waals surface area contributed by atoms with E-state index in [1.165, 1.54) is 44.6 Å². The Bertz CT molecular complexity index is 942. The zero-order valence-corrected chi connectivity index (χ0v) is 16.9. The van der Waals surface area contributed by atoms with E-state index >= 15 is 0 Å². The van der Waals surface area contributed by atoms with Gasteiger partial charge in [-0.3, -0.25) is 4.79 Å². The number of carbonyl (C=O) groups is 1. The van der Waals surface area contributed by atoms with E-state index in [2.05, 4.69) is 40.3 Å². The van der Waals surface area contributed by atoms with E-state index in [4.69, 9.17) is 4.98 Å². The first-order valence-electron chi connectivity index (χ1n) is 9.88. The van der Waals surface area contributed by atoms with Crippen molar-refractivity contribution in [2.75, 3.05) is 10.6 Å². The van der Waals surface area contributed by atoms with Crippen molar-refractivity contribution in [1.29, 1.82) is 0 Å². The van der Waals surface area contributed by atoms with Gasteiger partial charge in [-0.2, -0.15) is 0 Å². The van der Waals surface area contributed by atoms with Crippen LogP contribution in [0, 0.1) is 0 Å². The molecule has 144 valence electrons. The Morgan fingerprint density at radius 3 is 2.54 bits per heavy atom. The average Bonchev–Trinajstić information content (AvgIpc) is 3.17. The zero-order valence-electron chi connectivity index (χ0n) is 16.1. The minimum absolute atomic E-state index is 0.0784. The third-order valence-electron chi connectivity index (χ3n) is 5.22. The van der Waals surface area contributed by atoms with Crippen LogP contribution in [-0.2, 0) is 4.79 Å². The van der Waals surface area contributed by atoms with Gasteiger partial charge < -0.3 is 10.6 Å². The van der Waals surface area contributed by atoms with Gasteiger partial charge in [0, 0.05) is 29.2 Å². The van der Waals surface area contributed by atoms with E-state index in [1.54, 1.807) is 11.3 Å². The van der Waals surface area contributed by atoms with Crippen LogP contribution >= 0.6 is 11.3 Å². The zero-order chi connectivity index (χ0) is 19.3. The molecule has 0 spiro atoms. The summed E-state index contributed by atoms with van der Waals surface area (Å²) in [6.07, 6.45) is 6.74. The summed E-state index contributed by atoms with van der Waals surface area (Å²) in [4.78, 5) is 16.0. The van der Waals surface area contributed by atoms with E-state index in [0.717, 1.165) is 33.7 Å². The quantitative estimate of drug-likeness (QED) is 0.518. The van der Waals surface area contributed by atoms with E-state index in [-0.39, 0.29) is 5.91 Å². The van der Waals surface area contributed by atoms with Crippen LogP contribution in [0.1, 0.15) is 50.5 Å². The van der Waals surface area contributed by atoms with Crippen LogP contribution < -0.4 is 10.6 Å². The Morgan fingerprint density at radius 2 is 1.79 bits per heavy atom. The van der Waals surface area contributed by atoms with Gasteiger partial charge in [-0.25, -0.2) is 4.98 Å². The molecule has 0 unspecified atom stereocenters. The van der Waals surface area contributed by atoms with Crippen LogP contribution in [0.2, 0.25) is 0 Å². The number of hydrogen-bond acceptors (Lipinski definition) is 4. The van der Waals surface area contributed by atoms with Crippen molar-refractivity contribution in [3.63, 3.8) is 0 Å². The first-order chi connectivity index (χ1) is 13.7. The lowest BCUT2D eigenvalue weighted by Crippen LogP contribution is -2.05. The molecule has 0 radical (unpaired) electrons. The number of hydrogen-bond donors (Lipinski definition) is 2. The largest absolute Gasteiger partial charge is 0.331 e. The Morgan fingerprint density at radius 1 is 1.04 bits per heavy atom. The number of anilines is 3. The minimum atomic E-state index is -0.0784. The molecule has 1 aliphatic carbocycles. The van der Waals surface area contributed by atoms with Crippen LogP contribution in [0.5, 0.6) is 0 Å². The molecule has 4 rings (SSSR count). The number of benzene rings is 2.